The van der Waals surface area contributed by atoms with Crippen molar-refractivity contribution in [1.29, 1.82) is 0 Å². The summed E-state index contributed by atoms with van der Waals surface area (Å²) in [5, 5.41) is 0. The first-order chi connectivity index (χ1) is 4.93. The minimum Gasteiger partial charge on any atom is -0.473 e. The Labute approximate surface area is 61.8 Å². The highest BCUT2D eigenvalue weighted by Gasteiger charge is 2.12. The smallest absolute Gasteiger partial charge is 0.198 e. The molecule has 0 aliphatic carbocycles. The van der Waals surface area contributed by atoms with Crippen LogP contribution in [0, 0.1) is 0 Å². The molecular formula is C8H14O2. The molecule has 0 aromatic rings. The monoisotopic (exact) mass is 142 g/mol. The molecule has 0 aromatic heterocycles. The summed E-state index contributed by atoms with van der Waals surface area (Å²) in [5.74, 6) is 0. The maximum absolute atomic E-state index is 5.31. The topological polar surface area (TPSA) is 18.5 Å². The summed E-state index contributed by atoms with van der Waals surface area (Å²) in [7, 11) is 0. The van der Waals surface area contributed by atoms with Crippen molar-refractivity contribution in [3.63, 3.8) is 0 Å². The van der Waals surface area contributed by atoms with Gasteiger partial charge in [-0.05, 0) is 19.8 Å². The zero-order valence-corrected chi connectivity index (χ0v) is 6.38. The lowest BCUT2D eigenvalue weighted by Gasteiger charge is -2.21. The Morgan fingerprint density at radius 3 is 3.00 bits per heavy atom. The highest BCUT2D eigenvalue weighted by molar-refractivity contribution is 4.67. The second kappa shape index (κ2) is 4.34. The van der Waals surface area contributed by atoms with E-state index in [4.69, 9.17) is 9.47 Å². The molecule has 0 amide bonds. The van der Waals surface area contributed by atoms with Crippen molar-refractivity contribution in [3.05, 3.63) is 12.3 Å². The highest BCUT2D eigenvalue weighted by atomic mass is 16.7. The van der Waals surface area contributed by atoms with Gasteiger partial charge in [0.1, 0.15) is 0 Å². The summed E-state index contributed by atoms with van der Waals surface area (Å²) >= 11 is 0. The molecule has 0 bridgehead atoms. The van der Waals surface area contributed by atoms with Gasteiger partial charge in [-0.2, -0.15) is 0 Å². The van der Waals surface area contributed by atoms with Crippen molar-refractivity contribution in [2.75, 3.05) is 6.61 Å². The minimum atomic E-state index is 0.0185. The number of allylic oxidation sites excluding steroid dienone is 1. The van der Waals surface area contributed by atoms with Gasteiger partial charge in [-0.1, -0.05) is 6.08 Å². The number of ether oxygens (including phenoxy) is 2. The first-order valence-electron chi connectivity index (χ1n) is 3.81. The van der Waals surface area contributed by atoms with Crippen LogP contribution in [0.1, 0.15) is 26.2 Å². The van der Waals surface area contributed by atoms with E-state index < -0.39 is 0 Å². The van der Waals surface area contributed by atoms with Gasteiger partial charge >= 0.3 is 0 Å². The Morgan fingerprint density at radius 1 is 1.50 bits per heavy atom. The molecule has 10 heavy (non-hydrogen) atoms. The second-order valence-electron chi connectivity index (χ2n) is 2.40. The van der Waals surface area contributed by atoms with Gasteiger partial charge in [-0.3, -0.25) is 0 Å². The Balaban J connectivity index is 2.13. The van der Waals surface area contributed by atoms with Crippen molar-refractivity contribution in [1.82, 2.24) is 0 Å². The lowest BCUT2D eigenvalue weighted by atomic mass is 10.2. The fourth-order valence-corrected chi connectivity index (χ4v) is 0.985. The zero-order valence-electron chi connectivity index (χ0n) is 6.38. The van der Waals surface area contributed by atoms with E-state index in [-0.39, 0.29) is 6.29 Å². The van der Waals surface area contributed by atoms with Gasteiger partial charge in [0.15, 0.2) is 6.29 Å². The average molecular weight is 142 g/mol. The van der Waals surface area contributed by atoms with E-state index in [1.165, 1.54) is 12.8 Å². The van der Waals surface area contributed by atoms with E-state index in [1.807, 2.05) is 13.0 Å². The first kappa shape index (κ1) is 7.61. The number of rotatable bonds is 2. The van der Waals surface area contributed by atoms with E-state index in [1.54, 1.807) is 6.26 Å². The fraction of sp³-hybridized carbons (Fsp3) is 0.750. The SMILES string of the molecule is C/C=C/OC1CCCCO1. The van der Waals surface area contributed by atoms with Crippen LogP contribution in [0.4, 0.5) is 0 Å². The van der Waals surface area contributed by atoms with Crippen molar-refractivity contribution in [2.24, 2.45) is 0 Å². The van der Waals surface area contributed by atoms with Gasteiger partial charge in [0, 0.05) is 6.42 Å². The van der Waals surface area contributed by atoms with Gasteiger partial charge < -0.3 is 9.47 Å². The van der Waals surface area contributed by atoms with Gasteiger partial charge in [-0.25, -0.2) is 0 Å². The molecule has 1 fully saturated rings. The molecular weight excluding hydrogens is 128 g/mol. The van der Waals surface area contributed by atoms with Crippen LogP contribution >= 0.6 is 0 Å². The summed E-state index contributed by atoms with van der Waals surface area (Å²) < 4.78 is 10.5. The molecule has 1 aliphatic heterocycles. The van der Waals surface area contributed by atoms with Crippen LogP contribution < -0.4 is 0 Å². The van der Waals surface area contributed by atoms with Crippen LogP contribution in [-0.2, 0) is 9.47 Å². The van der Waals surface area contributed by atoms with E-state index in [2.05, 4.69) is 0 Å². The average Bonchev–Trinajstić information content (AvgIpc) is 2.03. The molecule has 2 nitrogen and oxygen atoms in total. The van der Waals surface area contributed by atoms with Gasteiger partial charge in [0.2, 0.25) is 0 Å². The third kappa shape index (κ3) is 2.40. The maximum atomic E-state index is 5.31. The van der Waals surface area contributed by atoms with Crippen LogP contribution in [0.2, 0.25) is 0 Å². The van der Waals surface area contributed by atoms with E-state index in [0.29, 0.717) is 0 Å². The molecule has 58 valence electrons. The zero-order chi connectivity index (χ0) is 7.23. The largest absolute Gasteiger partial charge is 0.473 e. The lowest BCUT2D eigenvalue weighted by Crippen LogP contribution is -2.19. The summed E-state index contributed by atoms with van der Waals surface area (Å²) in [5.41, 5.74) is 0. The highest BCUT2D eigenvalue weighted by Crippen LogP contribution is 2.13. The van der Waals surface area contributed by atoms with E-state index in [9.17, 15) is 0 Å². The summed E-state index contributed by atoms with van der Waals surface area (Å²) in [4.78, 5) is 0. The molecule has 1 aliphatic rings. The molecule has 1 unspecified atom stereocenters. The predicted octanol–water partition coefficient (Wildman–Crippen LogP) is 2.06. The summed E-state index contributed by atoms with van der Waals surface area (Å²) in [6.45, 7) is 2.78. The van der Waals surface area contributed by atoms with Crippen molar-refractivity contribution in [2.45, 2.75) is 32.5 Å². The van der Waals surface area contributed by atoms with Crippen molar-refractivity contribution >= 4 is 0 Å². The van der Waals surface area contributed by atoms with Gasteiger partial charge in [-0.15, -0.1) is 0 Å². The van der Waals surface area contributed by atoms with Crippen molar-refractivity contribution in [3.8, 4) is 0 Å². The Hall–Kier alpha value is -0.500. The third-order valence-electron chi connectivity index (χ3n) is 1.50. The second-order valence-corrected chi connectivity index (χ2v) is 2.40. The quantitative estimate of drug-likeness (QED) is 0.549. The molecule has 1 heterocycles. The van der Waals surface area contributed by atoms with Crippen LogP contribution in [0.3, 0.4) is 0 Å². The van der Waals surface area contributed by atoms with Crippen LogP contribution in [0.5, 0.6) is 0 Å². The summed E-state index contributed by atoms with van der Waals surface area (Å²) in [6, 6.07) is 0. The molecule has 0 radical (unpaired) electrons. The van der Waals surface area contributed by atoms with Gasteiger partial charge in [0.25, 0.3) is 0 Å². The van der Waals surface area contributed by atoms with Crippen molar-refractivity contribution < 1.29 is 9.47 Å². The molecule has 2 heteroatoms. The molecule has 0 spiro atoms. The predicted molar refractivity (Wildman–Crippen MR) is 39.5 cm³/mol. The number of hydrogen-bond donors (Lipinski definition) is 0. The molecule has 1 saturated heterocycles. The van der Waals surface area contributed by atoms with Gasteiger partial charge in [0.05, 0.1) is 12.9 Å². The molecule has 0 aromatic carbocycles. The molecule has 1 atom stereocenters. The Bertz CT molecular complexity index is 104. The number of hydrogen-bond acceptors (Lipinski definition) is 2. The van der Waals surface area contributed by atoms with E-state index >= 15 is 0 Å². The first-order valence-corrected chi connectivity index (χ1v) is 3.81. The molecule has 1 rings (SSSR count). The Morgan fingerprint density at radius 2 is 2.40 bits per heavy atom. The molecule has 0 saturated carbocycles. The van der Waals surface area contributed by atoms with E-state index in [0.717, 1.165) is 13.0 Å². The summed E-state index contributed by atoms with van der Waals surface area (Å²) in [6.07, 6.45) is 7.01. The maximum Gasteiger partial charge on any atom is 0.198 e. The molecule has 0 N–H and O–H groups in total. The van der Waals surface area contributed by atoms with Crippen LogP contribution in [0.15, 0.2) is 12.3 Å². The standard InChI is InChI=1S/C8H14O2/c1-2-6-9-8-5-3-4-7-10-8/h2,6,8H,3-5,7H2,1H3/b6-2+. The third-order valence-corrected chi connectivity index (χ3v) is 1.50. The van der Waals surface area contributed by atoms with Crippen LogP contribution in [-0.4, -0.2) is 12.9 Å². The normalized spacial score (nSPS) is 27.1. The lowest BCUT2D eigenvalue weighted by molar-refractivity contribution is -0.129. The fourth-order valence-electron chi connectivity index (χ4n) is 0.985. The Kier molecular flexibility index (Phi) is 3.30. The van der Waals surface area contributed by atoms with Crippen LogP contribution in [0.25, 0.3) is 0 Å². The minimum absolute atomic E-state index is 0.0185.